The average molecular weight is 375 g/mol. The first-order chi connectivity index (χ1) is 12.2. The maximum Gasteiger partial charge on any atom is 0.0544 e. The summed E-state index contributed by atoms with van der Waals surface area (Å²) in [6.45, 7) is 15.9. The molecule has 0 aromatic carbocycles. The first-order valence-corrected chi connectivity index (χ1v) is 15.3. The number of rotatable bonds is 2. The molecule has 4 fully saturated rings. The minimum absolute atomic E-state index is 0.528. The van der Waals surface area contributed by atoms with Gasteiger partial charge >= 0.3 is 0 Å². The Morgan fingerprint density at radius 1 is 0.731 bits per heavy atom. The highest BCUT2D eigenvalue weighted by molar-refractivity contribution is 6.80. The minimum atomic E-state index is -1.18. The lowest BCUT2D eigenvalue weighted by atomic mass is 9.66. The zero-order valence-corrected chi connectivity index (χ0v) is 19.7. The summed E-state index contributed by atoms with van der Waals surface area (Å²) in [6, 6.07) is 0. The molecule has 0 aromatic heterocycles. The van der Waals surface area contributed by atoms with E-state index in [9.17, 15) is 0 Å². The van der Waals surface area contributed by atoms with Crippen molar-refractivity contribution in [2.24, 2.45) is 40.9 Å². The van der Waals surface area contributed by atoms with Gasteiger partial charge in [0, 0.05) is 0 Å². The summed E-state index contributed by atoms with van der Waals surface area (Å²) in [4.78, 5) is 0. The van der Waals surface area contributed by atoms with E-state index >= 15 is 0 Å². The van der Waals surface area contributed by atoms with Crippen LogP contribution in [0, 0.1) is 40.9 Å². The average Bonchev–Trinajstić information content (AvgIpc) is 3.13. The smallest absolute Gasteiger partial charge is 0.0544 e. The summed E-state index contributed by atoms with van der Waals surface area (Å²) in [7, 11) is -1.18. The summed E-state index contributed by atoms with van der Waals surface area (Å²) in [5.74, 6) is 6.45. The van der Waals surface area contributed by atoms with Crippen LogP contribution in [0.5, 0.6) is 0 Å². The van der Waals surface area contributed by atoms with Crippen LogP contribution in [0.25, 0.3) is 0 Å². The van der Waals surface area contributed by atoms with Crippen LogP contribution in [0.1, 0.15) is 91.9 Å². The van der Waals surface area contributed by atoms with Crippen LogP contribution in [0.2, 0.25) is 24.2 Å². The fourth-order valence-corrected chi connectivity index (χ4v) is 15.1. The van der Waals surface area contributed by atoms with Crippen LogP contribution >= 0.6 is 0 Å². The van der Waals surface area contributed by atoms with Crippen LogP contribution in [0.4, 0.5) is 0 Å². The lowest BCUT2D eigenvalue weighted by molar-refractivity contribution is 0.113. The summed E-state index contributed by atoms with van der Waals surface area (Å²) in [6.07, 6.45) is 15.7. The van der Waals surface area contributed by atoms with Gasteiger partial charge in [-0.1, -0.05) is 79.3 Å². The molecule has 1 heteroatoms. The molecule has 4 saturated carbocycles. The van der Waals surface area contributed by atoms with E-state index in [0.717, 1.165) is 41.0 Å². The molecule has 0 N–H and O–H groups in total. The minimum Gasteiger partial charge on any atom is -0.0689 e. The van der Waals surface area contributed by atoms with E-state index in [1.54, 1.807) is 51.4 Å². The van der Waals surface area contributed by atoms with Crippen molar-refractivity contribution >= 4 is 8.07 Å². The van der Waals surface area contributed by atoms with Gasteiger partial charge in [0.25, 0.3) is 0 Å². The molecule has 0 spiro atoms. The van der Waals surface area contributed by atoms with Crippen LogP contribution in [-0.4, -0.2) is 8.07 Å². The quantitative estimate of drug-likeness (QED) is 0.428. The van der Waals surface area contributed by atoms with E-state index < -0.39 is 8.07 Å². The zero-order chi connectivity index (χ0) is 18.7. The molecule has 8 atom stereocenters. The highest BCUT2D eigenvalue weighted by atomic mass is 28.3. The molecule has 0 nitrogen and oxygen atoms in total. The first kappa shape index (κ1) is 19.5. The van der Waals surface area contributed by atoms with Gasteiger partial charge in [-0.15, -0.1) is 0 Å². The second-order valence-corrected chi connectivity index (χ2v) is 17.8. The van der Waals surface area contributed by atoms with Gasteiger partial charge in [-0.05, 0) is 77.7 Å². The van der Waals surface area contributed by atoms with Crippen molar-refractivity contribution in [2.45, 2.75) is 116 Å². The molecule has 0 aromatic rings. The number of fused-ring (bicyclic) bond motifs is 2. The second kappa shape index (κ2) is 6.92. The normalized spacial score (nSPS) is 46.8. The Balaban J connectivity index is 1.52. The molecule has 8 unspecified atom stereocenters. The van der Waals surface area contributed by atoms with E-state index in [1.165, 1.54) is 18.4 Å². The zero-order valence-electron chi connectivity index (χ0n) is 18.7. The Morgan fingerprint density at radius 2 is 1.46 bits per heavy atom. The van der Waals surface area contributed by atoms with Crippen molar-refractivity contribution < 1.29 is 0 Å². The molecule has 26 heavy (non-hydrogen) atoms. The topological polar surface area (TPSA) is 0 Å². The third-order valence-corrected chi connectivity index (χ3v) is 15.5. The first-order valence-electron chi connectivity index (χ1n) is 12.2. The van der Waals surface area contributed by atoms with Crippen molar-refractivity contribution in [3.05, 3.63) is 0 Å². The summed E-state index contributed by atoms with van der Waals surface area (Å²) in [5.41, 5.74) is 2.83. The fraction of sp³-hybridized carbons (Fsp3) is 1.00. The molecule has 0 amide bonds. The van der Waals surface area contributed by atoms with Crippen molar-refractivity contribution in [2.75, 3.05) is 0 Å². The number of hydrogen-bond acceptors (Lipinski definition) is 0. The van der Waals surface area contributed by atoms with Crippen molar-refractivity contribution in [3.8, 4) is 0 Å². The van der Waals surface area contributed by atoms with E-state index in [2.05, 4.69) is 40.8 Å². The standard InChI is InChI=1S/C25H46Si/c1-17-15-19-16-20(25(2,3)4)12-13-22(19)24(17)26(5,6)23-14-11-18-9-7-8-10-21(18)23/h17-24H,7-16H2,1-6H3. The van der Waals surface area contributed by atoms with E-state index in [0.29, 0.717) is 5.41 Å². The highest BCUT2D eigenvalue weighted by Gasteiger charge is 2.56. The van der Waals surface area contributed by atoms with E-state index in [-0.39, 0.29) is 0 Å². The van der Waals surface area contributed by atoms with Crippen molar-refractivity contribution in [3.63, 3.8) is 0 Å². The maximum atomic E-state index is 2.86. The molecule has 0 saturated heterocycles. The fourth-order valence-electron chi connectivity index (χ4n) is 9.05. The molecule has 4 aliphatic rings. The lowest BCUT2D eigenvalue weighted by Gasteiger charge is -2.48. The van der Waals surface area contributed by atoms with Gasteiger partial charge in [0.2, 0.25) is 0 Å². The predicted octanol–water partition coefficient (Wildman–Crippen LogP) is 8.15. The van der Waals surface area contributed by atoms with Gasteiger partial charge in [0.1, 0.15) is 0 Å². The molecule has 0 radical (unpaired) electrons. The Kier molecular flexibility index (Phi) is 5.20. The van der Waals surface area contributed by atoms with Gasteiger partial charge < -0.3 is 0 Å². The predicted molar refractivity (Wildman–Crippen MR) is 117 cm³/mol. The summed E-state index contributed by atoms with van der Waals surface area (Å²) >= 11 is 0. The third kappa shape index (κ3) is 3.27. The van der Waals surface area contributed by atoms with Crippen LogP contribution in [0.15, 0.2) is 0 Å². The van der Waals surface area contributed by atoms with E-state index in [1.807, 2.05) is 0 Å². The molecule has 150 valence electrons. The highest BCUT2D eigenvalue weighted by Crippen LogP contribution is 2.64. The lowest BCUT2D eigenvalue weighted by Crippen LogP contribution is -2.45. The Hall–Kier alpha value is 0.217. The molecule has 0 bridgehead atoms. The summed E-state index contributed by atoms with van der Waals surface area (Å²) < 4.78 is 0. The number of hydrogen-bond donors (Lipinski definition) is 0. The van der Waals surface area contributed by atoms with Gasteiger partial charge in [0.05, 0.1) is 8.07 Å². The molecule has 4 rings (SSSR count). The molecule has 0 heterocycles. The summed E-state index contributed by atoms with van der Waals surface area (Å²) in [5, 5.41) is 0. The van der Waals surface area contributed by atoms with Crippen LogP contribution in [-0.2, 0) is 0 Å². The second-order valence-electron chi connectivity index (χ2n) is 12.8. The maximum absolute atomic E-state index is 2.86. The molecule has 4 aliphatic carbocycles. The van der Waals surface area contributed by atoms with Gasteiger partial charge in [0.15, 0.2) is 0 Å². The Morgan fingerprint density at radius 3 is 2.19 bits per heavy atom. The van der Waals surface area contributed by atoms with Crippen LogP contribution in [0.3, 0.4) is 0 Å². The monoisotopic (exact) mass is 374 g/mol. The molecule has 0 aliphatic heterocycles. The van der Waals surface area contributed by atoms with E-state index in [4.69, 9.17) is 0 Å². The van der Waals surface area contributed by atoms with Gasteiger partial charge in [-0.25, -0.2) is 0 Å². The molecular formula is C25H46Si. The van der Waals surface area contributed by atoms with Crippen molar-refractivity contribution in [1.29, 1.82) is 0 Å². The van der Waals surface area contributed by atoms with Crippen LogP contribution < -0.4 is 0 Å². The third-order valence-electron chi connectivity index (χ3n) is 10.2. The van der Waals surface area contributed by atoms with Gasteiger partial charge in [-0.2, -0.15) is 0 Å². The SMILES string of the molecule is CC1CC2CC(C(C)(C)C)CCC2C1[Si](C)(C)C1CCC2CCCCC21. The molecular weight excluding hydrogens is 328 g/mol. The van der Waals surface area contributed by atoms with Crippen molar-refractivity contribution in [1.82, 2.24) is 0 Å². The largest absolute Gasteiger partial charge is 0.0689 e. The Bertz CT molecular complexity index is 501. The van der Waals surface area contributed by atoms with Gasteiger partial charge in [-0.3, -0.25) is 0 Å². The Labute approximate surface area is 165 Å².